The van der Waals surface area contributed by atoms with Crippen LogP contribution in [0.25, 0.3) is 16.6 Å². The Bertz CT molecular complexity index is 1330. The van der Waals surface area contributed by atoms with E-state index in [1.165, 1.54) is 6.92 Å². The number of pyridine rings is 1. The number of ether oxygens (including phenoxy) is 1. The number of fused-ring (bicyclic) bond motifs is 1. The first-order valence-electron chi connectivity index (χ1n) is 10.0. The smallest absolute Gasteiger partial charge is 0.359 e. The van der Waals surface area contributed by atoms with E-state index in [1.54, 1.807) is 22.9 Å². The first-order valence-corrected chi connectivity index (χ1v) is 10.4. The molecule has 0 saturated carbocycles. The van der Waals surface area contributed by atoms with Crippen LogP contribution >= 0.6 is 11.6 Å². The average Bonchev–Trinajstić information content (AvgIpc) is 3.11. The summed E-state index contributed by atoms with van der Waals surface area (Å²) in [6.07, 6.45) is -1.05. The summed E-state index contributed by atoms with van der Waals surface area (Å²) in [4.78, 5) is 29.6. The van der Waals surface area contributed by atoms with Gasteiger partial charge in [0.2, 0.25) is 0 Å². The summed E-state index contributed by atoms with van der Waals surface area (Å²) in [5.74, 6) is -0.820. The topological polar surface area (TPSA) is 86.1 Å². The lowest BCUT2D eigenvalue weighted by Crippen LogP contribution is -2.30. The largest absolute Gasteiger partial charge is 0.448 e. The summed E-state index contributed by atoms with van der Waals surface area (Å²) in [7, 11) is 0. The number of halogens is 1. The number of rotatable bonds is 5. The molecule has 0 aliphatic rings. The molecule has 0 radical (unpaired) electrons. The van der Waals surface area contributed by atoms with Crippen molar-refractivity contribution in [3.05, 3.63) is 82.8 Å². The predicted octanol–water partition coefficient (Wildman–Crippen LogP) is 4.87. The first-order chi connectivity index (χ1) is 15.3. The van der Waals surface area contributed by atoms with E-state index in [9.17, 15) is 9.59 Å². The molecule has 0 saturated heterocycles. The second-order valence-electron chi connectivity index (χ2n) is 7.44. The number of hydrogen-bond acceptors (Lipinski definition) is 5. The van der Waals surface area contributed by atoms with Crippen LogP contribution in [0.4, 0.5) is 5.69 Å². The van der Waals surface area contributed by atoms with Gasteiger partial charge in [0.05, 0.1) is 10.7 Å². The quantitative estimate of drug-likeness (QED) is 0.440. The molecule has 162 valence electrons. The van der Waals surface area contributed by atoms with Crippen LogP contribution in [0.5, 0.6) is 0 Å². The lowest BCUT2D eigenvalue weighted by atomic mass is 10.1. The molecule has 4 rings (SSSR count). The minimum absolute atomic E-state index is 0.0814. The van der Waals surface area contributed by atoms with E-state index >= 15 is 0 Å². The van der Waals surface area contributed by atoms with Gasteiger partial charge >= 0.3 is 5.97 Å². The minimum Gasteiger partial charge on any atom is -0.448 e. The first kappa shape index (κ1) is 21.5. The van der Waals surface area contributed by atoms with Crippen molar-refractivity contribution in [1.82, 2.24) is 14.8 Å². The Morgan fingerprint density at radius 1 is 1.03 bits per heavy atom. The summed E-state index contributed by atoms with van der Waals surface area (Å²) in [6, 6.07) is 18.5. The fraction of sp³-hybridized carbons (Fsp3) is 0.167. The van der Waals surface area contributed by atoms with Gasteiger partial charge in [0.1, 0.15) is 0 Å². The number of anilines is 1. The van der Waals surface area contributed by atoms with Gasteiger partial charge in [-0.25, -0.2) is 14.5 Å². The molecule has 0 spiro atoms. The highest BCUT2D eigenvalue weighted by atomic mass is 35.5. The van der Waals surface area contributed by atoms with Gasteiger partial charge in [-0.05, 0) is 61.9 Å². The summed E-state index contributed by atoms with van der Waals surface area (Å²) >= 11 is 6.18. The molecule has 2 aromatic heterocycles. The van der Waals surface area contributed by atoms with E-state index in [2.05, 4.69) is 15.4 Å². The van der Waals surface area contributed by atoms with Crippen LogP contribution in [0.2, 0.25) is 5.02 Å². The number of nitrogens with zero attached hydrogens (tertiary/aromatic N) is 3. The number of esters is 1. The van der Waals surface area contributed by atoms with Gasteiger partial charge in [-0.15, -0.1) is 0 Å². The zero-order valence-corrected chi connectivity index (χ0v) is 18.6. The summed E-state index contributed by atoms with van der Waals surface area (Å²) < 4.78 is 6.95. The Morgan fingerprint density at radius 3 is 2.50 bits per heavy atom. The molecule has 2 heterocycles. The fourth-order valence-corrected chi connectivity index (χ4v) is 3.52. The fourth-order valence-electron chi connectivity index (χ4n) is 3.33. The Morgan fingerprint density at radius 2 is 1.78 bits per heavy atom. The number of hydrogen-bond donors (Lipinski definition) is 1. The number of amides is 1. The SMILES string of the molecule is Cc1cc(C)n(-c2ccc(Cl)c(C(=O)OC(C)C(=O)Nc3ccc4ccccc4c3)n2)n1. The lowest BCUT2D eigenvalue weighted by molar-refractivity contribution is -0.123. The van der Waals surface area contributed by atoms with Gasteiger partial charge in [0.25, 0.3) is 5.91 Å². The highest BCUT2D eigenvalue weighted by Gasteiger charge is 2.23. The highest BCUT2D eigenvalue weighted by molar-refractivity contribution is 6.33. The molecule has 0 bridgehead atoms. The van der Waals surface area contributed by atoms with Crippen LogP contribution in [0.15, 0.2) is 60.7 Å². The highest BCUT2D eigenvalue weighted by Crippen LogP contribution is 2.21. The van der Waals surface area contributed by atoms with E-state index in [0.29, 0.717) is 11.5 Å². The molecular weight excluding hydrogens is 428 g/mol. The van der Waals surface area contributed by atoms with Crippen LogP contribution in [-0.4, -0.2) is 32.7 Å². The molecule has 0 fully saturated rings. The third-order valence-corrected chi connectivity index (χ3v) is 5.23. The maximum Gasteiger partial charge on any atom is 0.359 e. The Labute approximate surface area is 190 Å². The van der Waals surface area contributed by atoms with Gasteiger partial charge in [-0.1, -0.05) is 41.9 Å². The molecule has 0 aliphatic carbocycles. The third kappa shape index (κ3) is 4.48. The number of aromatic nitrogens is 3. The van der Waals surface area contributed by atoms with Gasteiger partial charge in [0, 0.05) is 11.4 Å². The molecule has 1 amide bonds. The van der Waals surface area contributed by atoms with E-state index in [-0.39, 0.29) is 10.7 Å². The predicted molar refractivity (Wildman–Crippen MR) is 123 cm³/mol. The zero-order chi connectivity index (χ0) is 22.8. The van der Waals surface area contributed by atoms with Crippen molar-refractivity contribution in [2.75, 3.05) is 5.32 Å². The van der Waals surface area contributed by atoms with E-state index < -0.39 is 18.0 Å². The molecule has 2 aromatic carbocycles. The van der Waals surface area contributed by atoms with Gasteiger partial charge in [-0.2, -0.15) is 5.10 Å². The summed E-state index contributed by atoms with van der Waals surface area (Å²) in [6.45, 7) is 5.24. The van der Waals surface area contributed by atoms with Gasteiger partial charge in [-0.3, -0.25) is 4.79 Å². The Kier molecular flexibility index (Phi) is 5.92. The lowest BCUT2D eigenvalue weighted by Gasteiger charge is -2.14. The second-order valence-corrected chi connectivity index (χ2v) is 7.84. The van der Waals surface area contributed by atoms with Crippen molar-refractivity contribution in [2.24, 2.45) is 0 Å². The van der Waals surface area contributed by atoms with E-state index in [1.807, 2.05) is 56.3 Å². The monoisotopic (exact) mass is 448 g/mol. The average molecular weight is 449 g/mol. The molecule has 1 N–H and O–H groups in total. The van der Waals surface area contributed by atoms with Gasteiger partial charge < -0.3 is 10.1 Å². The Hall–Kier alpha value is -3.71. The summed E-state index contributed by atoms with van der Waals surface area (Å²) in [5, 5.41) is 9.31. The van der Waals surface area contributed by atoms with Crippen molar-refractivity contribution < 1.29 is 14.3 Å². The second kappa shape index (κ2) is 8.80. The van der Waals surface area contributed by atoms with Crippen LogP contribution < -0.4 is 5.32 Å². The van der Waals surface area contributed by atoms with Crippen LogP contribution in [0, 0.1) is 13.8 Å². The standard InChI is InChI=1S/C24H21ClN4O3/c1-14-12-15(2)29(28-14)21-11-10-20(25)22(27-21)24(31)32-16(3)23(30)26-19-9-8-17-6-4-5-7-18(17)13-19/h4-13,16H,1-3H3,(H,26,30). The van der Waals surface area contributed by atoms with Crippen molar-refractivity contribution in [3.8, 4) is 5.82 Å². The van der Waals surface area contributed by atoms with Crippen molar-refractivity contribution in [2.45, 2.75) is 26.9 Å². The molecule has 1 atom stereocenters. The van der Waals surface area contributed by atoms with Gasteiger partial charge in [0.15, 0.2) is 17.6 Å². The van der Waals surface area contributed by atoms with E-state index in [4.69, 9.17) is 16.3 Å². The third-order valence-electron chi connectivity index (χ3n) is 4.92. The summed E-state index contributed by atoms with van der Waals surface area (Å²) in [5.41, 5.74) is 2.21. The normalized spacial score (nSPS) is 11.9. The molecule has 1 unspecified atom stereocenters. The van der Waals surface area contributed by atoms with Crippen LogP contribution in [0.1, 0.15) is 28.8 Å². The maximum absolute atomic E-state index is 12.7. The number of benzene rings is 2. The minimum atomic E-state index is -1.05. The number of carbonyl (C=O) groups is 2. The molecule has 32 heavy (non-hydrogen) atoms. The molecule has 4 aromatic rings. The zero-order valence-electron chi connectivity index (χ0n) is 17.8. The molecule has 8 heteroatoms. The van der Waals surface area contributed by atoms with Crippen molar-refractivity contribution >= 4 is 39.9 Å². The maximum atomic E-state index is 12.7. The van der Waals surface area contributed by atoms with Crippen molar-refractivity contribution in [1.29, 1.82) is 0 Å². The molecule has 7 nitrogen and oxygen atoms in total. The number of carbonyl (C=O) groups excluding carboxylic acids is 2. The Balaban J connectivity index is 1.48. The molecular formula is C24H21ClN4O3. The van der Waals surface area contributed by atoms with Crippen LogP contribution in [-0.2, 0) is 9.53 Å². The number of nitrogens with one attached hydrogen (secondary N) is 1. The molecule has 0 aliphatic heterocycles. The van der Waals surface area contributed by atoms with Crippen LogP contribution in [0.3, 0.4) is 0 Å². The van der Waals surface area contributed by atoms with Crippen molar-refractivity contribution in [3.63, 3.8) is 0 Å². The van der Waals surface area contributed by atoms with E-state index in [0.717, 1.165) is 22.2 Å². The number of aryl methyl sites for hydroxylation is 2.